The van der Waals surface area contributed by atoms with Crippen LogP contribution in [0.5, 0.6) is 0 Å². The van der Waals surface area contributed by atoms with Gasteiger partial charge in [-0.25, -0.2) is 0 Å². The molecule has 0 aliphatic heterocycles. The Balaban J connectivity index is 2.73. The minimum atomic E-state index is 0.665. The van der Waals surface area contributed by atoms with Crippen LogP contribution in [-0.2, 0) is 6.42 Å². The molecular weight excluding hydrogens is 248 g/mol. The van der Waals surface area contributed by atoms with Gasteiger partial charge in [0.2, 0.25) is 0 Å². The van der Waals surface area contributed by atoms with Crippen molar-refractivity contribution < 1.29 is 0 Å². The third-order valence-electron chi connectivity index (χ3n) is 3.12. The highest BCUT2D eigenvalue weighted by Crippen LogP contribution is 2.19. The molecule has 0 fully saturated rings. The van der Waals surface area contributed by atoms with Gasteiger partial charge in [-0.05, 0) is 62.3 Å². The fourth-order valence-electron chi connectivity index (χ4n) is 1.81. The summed E-state index contributed by atoms with van der Waals surface area (Å²) in [5.74, 6) is 0. The van der Waals surface area contributed by atoms with Crippen LogP contribution in [0.1, 0.15) is 42.0 Å². The molecule has 0 aromatic heterocycles. The van der Waals surface area contributed by atoms with Crippen molar-refractivity contribution in [3.05, 3.63) is 34.4 Å². The van der Waals surface area contributed by atoms with Crippen LogP contribution in [0.4, 0.5) is 0 Å². The third kappa shape index (κ3) is 3.64. The van der Waals surface area contributed by atoms with Crippen molar-refractivity contribution in [2.24, 2.45) is 0 Å². The summed E-state index contributed by atoms with van der Waals surface area (Å²) < 4.78 is 0. The van der Waals surface area contributed by atoms with E-state index in [2.05, 4.69) is 55.8 Å². The van der Waals surface area contributed by atoms with E-state index in [-0.39, 0.29) is 0 Å². The molecule has 1 unspecified atom stereocenters. The molecule has 1 aromatic carbocycles. The van der Waals surface area contributed by atoms with E-state index in [4.69, 9.17) is 0 Å². The first kappa shape index (κ1) is 12.8. The van der Waals surface area contributed by atoms with Crippen molar-refractivity contribution in [1.29, 1.82) is 0 Å². The van der Waals surface area contributed by atoms with Crippen molar-refractivity contribution in [2.75, 3.05) is 0 Å². The zero-order valence-electron chi connectivity index (χ0n) is 10.2. The van der Waals surface area contributed by atoms with E-state index in [9.17, 15) is 0 Å². The highest BCUT2D eigenvalue weighted by molar-refractivity contribution is 9.09. The summed E-state index contributed by atoms with van der Waals surface area (Å²) in [7, 11) is 0. The summed E-state index contributed by atoms with van der Waals surface area (Å²) in [6.07, 6.45) is 3.64. The molecule has 0 aliphatic rings. The average Bonchev–Trinajstić information content (AvgIpc) is 2.21. The van der Waals surface area contributed by atoms with Gasteiger partial charge < -0.3 is 0 Å². The van der Waals surface area contributed by atoms with E-state index in [1.807, 2.05) is 0 Å². The normalized spacial score (nSPS) is 12.9. The molecule has 0 saturated carbocycles. The lowest BCUT2D eigenvalue weighted by molar-refractivity contribution is 0.743. The molecule has 0 heterocycles. The largest absolute Gasteiger partial charge is 0.0891 e. The monoisotopic (exact) mass is 268 g/mol. The number of aryl methyl sites for hydroxylation is 4. The van der Waals surface area contributed by atoms with E-state index < -0.39 is 0 Å². The molecule has 0 amide bonds. The van der Waals surface area contributed by atoms with Crippen LogP contribution < -0.4 is 0 Å². The first-order chi connectivity index (χ1) is 7.04. The Labute approximate surface area is 102 Å². The molecule has 0 spiro atoms. The number of alkyl halides is 1. The molecular formula is C14H21Br. The molecule has 0 radical (unpaired) electrons. The van der Waals surface area contributed by atoms with Gasteiger partial charge in [0.05, 0.1) is 0 Å². The Kier molecular flexibility index (Phi) is 4.85. The average molecular weight is 269 g/mol. The molecule has 1 heteroatoms. The van der Waals surface area contributed by atoms with Crippen LogP contribution >= 0.6 is 15.9 Å². The SMILES string of the molecule is CCC(Br)CCc1cc(C)c(C)cc1C. The summed E-state index contributed by atoms with van der Waals surface area (Å²) in [6, 6.07) is 4.65. The van der Waals surface area contributed by atoms with Gasteiger partial charge in [-0.1, -0.05) is 35.0 Å². The summed E-state index contributed by atoms with van der Waals surface area (Å²) in [5, 5.41) is 0. The third-order valence-corrected chi connectivity index (χ3v) is 4.23. The van der Waals surface area contributed by atoms with Crippen LogP contribution in [0.2, 0.25) is 0 Å². The maximum absolute atomic E-state index is 3.69. The van der Waals surface area contributed by atoms with Crippen LogP contribution in [0, 0.1) is 20.8 Å². The second kappa shape index (κ2) is 5.69. The first-order valence-corrected chi connectivity index (χ1v) is 6.67. The van der Waals surface area contributed by atoms with Gasteiger partial charge in [-0.2, -0.15) is 0 Å². The minimum Gasteiger partial charge on any atom is -0.0891 e. The standard InChI is InChI=1S/C14H21Br/c1-5-14(15)7-6-13-9-11(3)10(2)8-12(13)4/h8-9,14H,5-7H2,1-4H3. The zero-order valence-corrected chi connectivity index (χ0v) is 11.8. The molecule has 0 N–H and O–H groups in total. The summed E-state index contributed by atoms with van der Waals surface area (Å²) in [4.78, 5) is 0.665. The van der Waals surface area contributed by atoms with Crippen molar-refractivity contribution in [2.45, 2.75) is 51.8 Å². The van der Waals surface area contributed by atoms with E-state index in [0.29, 0.717) is 4.83 Å². The van der Waals surface area contributed by atoms with E-state index in [0.717, 1.165) is 0 Å². The van der Waals surface area contributed by atoms with Gasteiger partial charge in [-0.3, -0.25) is 0 Å². The predicted octanol–water partition coefficient (Wildman–Crippen LogP) is 4.72. The highest BCUT2D eigenvalue weighted by Gasteiger charge is 2.05. The fraction of sp³-hybridized carbons (Fsp3) is 0.571. The Morgan fingerprint density at radius 2 is 1.67 bits per heavy atom. The van der Waals surface area contributed by atoms with Crippen molar-refractivity contribution in [3.8, 4) is 0 Å². The van der Waals surface area contributed by atoms with Gasteiger partial charge in [0.25, 0.3) is 0 Å². The zero-order chi connectivity index (χ0) is 11.4. The van der Waals surface area contributed by atoms with Gasteiger partial charge in [0.15, 0.2) is 0 Å². The lowest BCUT2D eigenvalue weighted by Gasteiger charge is -2.11. The topological polar surface area (TPSA) is 0 Å². The molecule has 1 atom stereocenters. The Bertz CT molecular complexity index is 328. The molecule has 1 aromatic rings. The lowest BCUT2D eigenvalue weighted by Crippen LogP contribution is -2.00. The van der Waals surface area contributed by atoms with Gasteiger partial charge in [0, 0.05) is 4.83 Å². The second-order valence-electron chi connectivity index (χ2n) is 4.41. The fourth-order valence-corrected chi connectivity index (χ4v) is 2.03. The van der Waals surface area contributed by atoms with Crippen LogP contribution in [0.3, 0.4) is 0 Å². The Morgan fingerprint density at radius 3 is 2.27 bits per heavy atom. The van der Waals surface area contributed by atoms with Crippen molar-refractivity contribution in [3.63, 3.8) is 0 Å². The predicted molar refractivity (Wildman–Crippen MR) is 72.0 cm³/mol. The number of hydrogen-bond donors (Lipinski definition) is 0. The number of hydrogen-bond acceptors (Lipinski definition) is 0. The Hall–Kier alpha value is -0.300. The molecule has 1 rings (SSSR count). The highest BCUT2D eigenvalue weighted by atomic mass is 79.9. The molecule has 0 aliphatic carbocycles. The number of rotatable bonds is 4. The van der Waals surface area contributed by atoms with E-state index >= 15 is 0 Å². The Morgan fingerprint density at radius 1 is 1.07 bits per heavy atom. The van der Waals surface area contributed by atoms with Gasteiger partial charge in [0.1, 0.15) is 0 Å². The minimum absolute atomic E-state index is 0.665. The molecule has 0 bridgehead atoms. The lowest BCUT2D eigenvalue weighted by atomic mass is 9.97. The maximum atomic E-state index is 3.69. The smallest absolute Gasteiger partial charge is 0.0146 e. The second-order valence-corrected chi connectivity index (χ2v) is 5.70. The molecule has 0 nitrogen and oxygen atoms in total. The van der Waals surface area contributed by atoms with E-state index in [1.54, 1.807) is 0 Å². The quantitative estimate of drug-likeness (QED) is 0.694. The summed E-state index contributed by atoms with van der Waals surface area (Å²) >= 11 is 3.69. The van der Waals surface area contributed by atoms with Crippen molar-refractivity contribution in [1.82, 2.24) is 0 Å². The molecule has 15 heavy (non-hydrogen) atoms. The molecule has 0 saturated heterocycles. The van der Waals surface area contributed by atoms with Crippen LogP contribution in [0.15, 0.2) is 12.1 Å². The summed E-state index contributed by atoms with van der Waals surface area (Å²) in [5.41, 5.74) is 5.77. The number of halogens is 1. The first-order valence-electron chi connectivity index (χ1n) is 5.75. The number of benzene rings is 1. The summed E-state index contributed by atoms with van der Waals surface area (Å²) in [6.45, 7) is 8.83. The van der Waals surface area contributed by atoms with E-state index in [1.165, 1.54) is 41.5 Å². The van der Waals surface area contributed by atoms with Crippen molar-refractivity contribution >= 4 is 15.9 Å². The van der Waals surface area contributed by atoms with Gasteiger partial charge in [-0.15, -0.1) is 0 Å². The van der Waals surface area contributed by atoms with Gasteiger partial charge >= 0.3 is 0 Å². The van der Waals surface area contributed by atoms with Crippen LogP contribution in [0.25, 0.3) is 0 Å². The maximum Gasteiger partial charge on any atom is 0.0146 e. The van der Waals surface area contributed by atoms with Crippen LogP contribution in [-0.4, -0.2) is 4.83 Å². The molecule has 84 valence electrons.